The molecule has 0 rings (SSSR count). The van der Waals surface area contributed by atoms with Crippen LogP contribution in [0.15, 0.2) is 0 Å². The molecule has 9 nitrogen and oxygen atoms in total. The fourth-order valence-electron chi connectivity index (χ4n) is 0.709. The van der Waals surface area contributed by atoms with Crippen molar-refractivity contribution in [3.05, 3.63) is 0 Å². The first-order valence-corrected chi connectivity index (χ1v) is 5.19. The first-order valence-electron chi connectivity index (χ1n) is 4.56. The summed E-state index contributed by atoms with van der Waals surface area (Å²) in [6.45, 7) is -1.26. The van der Waals surface area contributed by atoms with E-state index in [1.165, 1.54) is 0 Å². The number of rotatable bonds is 7. The minimum Gasteiger partial charge on any atom is -2.00 e. The van der Waals surface area contributed by atoms with Gasteiger partial charge in [-0.15, -0.1) is 0 Å². The van der Waals surface area contributed by atoms with Crippen molar-refractivity contribution >= 4 is 36.3 Å². The van der Waals surface area contributed by atoms with E-state index in [9.17, 15) is 24.3 Å². The molecule has 3 amide bonds. The van der Waals surface area contributed by atoms with Crippen LogP contribution in [0.2, 0.25) is 0 Å². The Morgan fingerprint density at radius 1 is 0.842 bits per heavy atom. The molecular formula is C8H12N3O6STc-3. The molecule has 0 bridgehead atoms. The molecule has 0 saturated carbocycles. The third-order valence-corrected chi connectivity index (χ3v) is 1.75. The quantitative estimate of drug-likeness (QED) is 0.332. The number of aliphatic carboxylic acids is 1. The van der Waals surface area contributed by atoms with E-state index in [1.54, 1.807) is 0 Å². The Morgan fingerprint density at radius 3 is 1.58 bits per heavy atom. The van der Waals surface area contributed by atoms with Crippen molar-refractivity contribution in [1.29, 1.82) is 0 Å². The van der Waals surface area contributed by atoms with Gasteiger partial charge in [0.05, 0.1) is 31.4 Å². The molecule has 11 heteroatoms. The van der Waals surface area contributed by atoms with Crippen LogP contribution in [0, 0.1) is 0 Å². The number of hydrogen-bond acceptors (Lipinski definition) is 6. The monoisotopic (exact) mass is 377 g/mol. The van der Waals surface area contributed by atoms with Gasteiger partial charge in [0.25, 0.3) is 0 Å². The summed E-state index contributed by atoms with van der Waals surface area (Å²) in [4.78, 5) is 42.7. The Bertz CT molecular complexity index is 328. The Kier molecular flexibility index (Phi) is 16.1. The number of carbonyl (C=O) groups excluding carboxylic acids is 4. The summed E-state index contributed by atoms with van der Waals surface area (Å²) < 4.78 is 0. The van der Waals surface area contributed by atoms with Gasteiger partial charge in [-0.2, -0.15) is 12.6 Å². The molecule has 0 aliphatic heterocycles. The van der Waals surface area contributed by atoms with Crippen LogP contribution < -0.4 is 21.1 Å². The molecule has 0 unspecified atom stereocenters. The number of thiol groups is 1. The molecule has 0 aliphatic carbocycles. The van der Waals surface area contributed by atoms with Crippen molar-refractivity contribution in [2.75, 3.05) is 25.4 Å². The van der Waals surface area contributed by atoms with Crippen molar-refractivity contribution in [2.45, 2.75) is 0 Å². The SMILES string of the molecule is O=C([O-])CNC(=O)CNC(=O)CNC(=O)CS.[99Tc].[O-2]. The van der Waals surface area contributed by atoms with Gasteiger partial charge in [0.2, 0.25) is 17.7 Å². The van der Waals surface area contributed by atoms with Gasteiger partial charge < -0.3 is 31.3 Å². The Balaban J connectivity index is -0.00000128. The summed E-state index contributed by atoms with van der Waals surface area (Å²) in [6.07, 6.45) is 0. The van der Waals surface area contributed by atoms with Crippen molar-refractivity contribution in [1.82, 2.24) is 16.0 Å². The Labute approximate surface area is 127 Å². The summed E-state index contributed by atoms with van der Waals surface area (Å²) in [5, 5.41) is 16.4. The van der Waals surface area contributed by atoms with Gasteiger partial charge in [-0.25, -0.2) is 0 Å². The zero-order valence-corrected chi connectivity index (χ0v) is 12.4. The number of carbonyl (C=O) groups is 4. The number of carboxylic acid groups (broad SMARTS) is 1. The summed E-state index contributed by atoms with van der Waals surface area (Å²) >= 11 is 3.68. The average Bonchev–Trinajstić information content (AvgIpc) is 2.30. The topological polar surface area (TPSA) is 156 Å². The van der Waals surface area contributed by atoms with E-state index >= 15 is 0 Å². The predicted octanol–water partition coefficient (Wildman–Crippen LogP) is -4.11. The van der Waals surface area contributed by atoms with E-state index < -0.39 is 30.2 Å². The molecule has 0 saturated heterocycles. The largest absolute Gasteiger partial charge is 2.00 e. The Morgan fingerprint density at radius 2 is 1.21 bits per heavy atom. The molecule has 0 heterocycles. The summed E-state index contributed by atoms with van der Waals surface area (Å²) in [7, 11) is 0. The van der Waals surface area contributed by atoms with Gasteiger partial charge in [0.15, 0.2) is 0 Å². The molecule has 0 aromatic carbocycles. The number of amides is 3. The van der Waals surface area contributed by atoms with Crippen molar-refractivity contribution in [2.24, 2.45) is 0 Å². The van der Waals surface area contributed by atoms with Crippen LogP contribution in [0.5, 0.6) is 0 Å². The minimum absolute atomic E-state index is 0. The first-order chi connectivity index (χ1) is 7.95. The molecule has 0 fully saturated rings. The smallest absolute Gasteiger partial charge is 0.239 e. The molecule has 0 spiro atoms. The van der Waals surface area contributed by atoms with E-state index in [2.05, 4.69) is 23.3 Å². The summed E-state index contributed by atoms with van der Waals surface area (Å²) in [5.74, 6) is -3.11. The number of nitrogens with one attached hydrogen (secondary N) is 3. The zero-order valence-electron chi connectivity index (χ0n) is 9.60. The maximum absolute atomic E-state index is 11.0. The van der Waals surface area contributed by atoms with Crippen molar-refractivity contribution in [3.8, 4) is 0 Å². The van der Waals surface area contributed by atoms with Gasteiger partial charge in [0, 0.05) is 20.1 Å². The van der Waals surface area contributed by atoms with Crippen molar-refractivity contribution < 1.29 is 49.9 Å². The molecule has 19 heavy (non-hydrogen) atoms. The maximum Gasteiger partial charge on any atom is 0.239 e. The maximum atomic E-state index is 11.0. The van der Waals surface area contributed by atoms with Gasteiger partial charge in [-0.1, -0.05) is 0 Å². The zero-order chi connectivity index (χ0) is 13.3. The van der Waals surface area contributed by atoms with Crippen LogP contribution in [0.1, 0.15) is 0 Å². The van der Waals surface area contributed by atoms with Crippen LogP contribution in [-0.2, 0) is 44.8 Å². The average molecular weight is 377 g/mol. The third kappa shape index (κ3) is 14.8. The number of hydrogen-bond donors (Lipinski definition) is 4. The summed E-state index contributed by atoms with van der Waals surface area (Å²) in [6, 6.07) is 0. The van der Waals surface area contributed by atoms with Gasteiger partial charge in [-0.3, -0.25) is 14.4 Å². The van der Waals surface area contributed by atoms with E-state index in [4.69, 9.17) is 0 Å². The van der Waals surface area contributed by atoms with Crippen molar-refractivity contribution in [3.63, 3.8) is 0 Å². The van der Waals surface area contributed by atoms with Crippen LogP contribution >= 0.6 is 12.6 Å². The van der Waals surface area contributed by atoms with Gasteiger partial charge in [0.1, 0.15) is 0 Å². The second kappa shape index (κ2) is 13.3. The van der Waals surface area contributed by atoms with Crippen LogP contribution in [0.3, 0.4) is 0 Å². The third-order valence-electron chi connectivity index (χ3n) is 1.47. The minimum atomic E-state index is -1.43. The molecule has 0 aromatic rings. The van der Waals surface area contributed by atoms with Crippen LogP contribution in [0.4, 0.5) is 0 Å². The fraction of sp³-hybridized carbons (Fsp3) is 0.500. The molecule has 0 aliphatic rings. The molecular weight excluding hydrogens is 365 g/mol. The van der Waals surface area contributed by atoms with Crippen LogP contribution in [0.25, 0.3) is 0 Å². The number of carboxylic acids is 1. The van der Waals surface area contributed by atoms with Crippen LogP contribution in [-0.4, -0.2) is 49.1 Å². The molecule has 0 aromatic heterocycles. The second-order valence-electron chi connectivity index (χ2n) is 2.86. The molecule has 3 N–H and O–H groups in total. The van der Waals surface area contributed by atoms with E-state index in [0.717, 1.165) is 0 Å². The summed E-state index contributed by atoms with van der Waals surface area (Å²) in [5.41, 5.74) is 0. The van der Waals surface area contributed by atoms with E-state index in [1.807, 2.05) is 5.32 Å². The first kappa shape index (κ1) is 23.0. The normalized spacial score (nSPS) is 8.26. The van der Waals surface area contributed by atoms with Gasteiger partial charge in [-0.05, 0) is 0 Å². The molecule has 0 atom stereocenters. The fourth-order valence-corrected chi connectivity index (χ4v) is 0.821. The Hall–Kier alpha value is -1.16. The van der Waals surface area contributed by atoms with E-state index in [-0.39, 0.29) is 44.4 Å². The van der Waals surface area contributed by atoms with E-state index in [0.29, 0.717) is 0 Å². The predicted molar refractivity (Wildman–Crippen MR) is 58.6 cm³/mol. The standard InChI is InChI=1S/C8H13N3O5S.O.Tc/c12-5(2-10-7(14)4-17)9-1-6(13)11-3-8(15)16;;/h17H,1-4H2,(H,9,12)(H,10,14)(H,11,13)(H,15,16);;/q;-2;/p-1/i;;1+1. The molecule has 111 valence electrons. The molecule has 1 radical (unpaired) electrons. The second-order valence-corrected chi connectivity index (χ2v) is 3.18. The van der Waals surface area contributed by atoms with Gasteiger partial charge >= 0.3 is 0 Å².